The molecule has 2 aromatic rings. The van der Waals surface area contributed by atoms with Gasteiger partial charge < -0.3 is 15.8 Å². The highest BCUT2D eigenvalue weighted by atomic mass is 16.3. The predicted molar refractivity (Wildman–Crippen MR) is 66.1 cm³/mol. The lowest BCUT2D eigenvalue weighted by atomic mass is 9.81. The molecule has 2 rings (SSSR count). The Kier molecular flexibility index (Phi) is 2.74. The molecular weight excluding hydrogens is 200 g/mol. The maximum absolute atomic E-state index is 9.31. The van der Waals surface area contributed by atoms with Crippen LogP contribution in [-0.2, 0) is 0 Å². The zero-order valence-electron chi connectivity index (χ0n) is 9.70. The van der Waals surface area contributed by atoms with Gasteiger partial charge in [-0.3, -0.25) is 0 Å². The van der Waals surface area contributed by atoms with E-state index >= 15 is 0 Å². The van der Waals surface area contributed by atoms with Gasteiger partial charge in [-0.05, 0) is 29.1 Å². The number of hydrogen-bond donors (Lipinski definition) is 3. The second-order valence-electron chi connectivity index (χ2n) is 4.95. The molecule has 0 saturated carbocycles. The Morgan fingerprint density at radius 2 is 2.12 bits per heavy atom. The Hall–Kier alpha value is -1.32. The molecule has 0 unspecified atom stereocenters. The van der Waals surface area contributed by atoms with Crippen molar-refractivity contribution in [2.45, 2.75) is 19.9 Å². The molecule has 16 heavy (non-hydrogen) atoms. The fraction of sp³-hybridized carbons (Fsp3) is 0.385. The Bertz CT molecular complexity index is 487. The van der Waals surface area contributed by atoms with E-state index < -0.39 is 0 Å². The predicted octanol–water partition coefficient (Wildman–Crippen LogP) is 2.19. The highest BCUT2D eigenvalue weighted by Crippen LogP contribution is 2.31. The molecule has 1 atom stereocenters. The number of fused-ring (bicyclic) bond motifs is 1. The van der Waals surface area contributed by atoms with Crippen molar-refractivity contribution in [2.24, 2.45) is 11.1 Å². The molecule has 0 bridgehead atoms. The van der Waals surface area contributed by atoms with E-state index in [-0.39, 0.29) is 18.1 Å². The zero-order chi connectivity index (χ0) is 11.8. The average molecular weight is 218 g/mol. The van der Waals surface area contributed by atoms with Gasteiger partial charge >= 0.3 is 0 Å². The summed E-state index contributed by atoms with van der Waals surface area (Å²) >= 11 is 0. The first-order valence-corrected chi connectivity index (χ1v) is 5.48. The Morgan fingerprint density at radius 1 is 1.38 bits per heavy atom. The van der Waals surface area contributed by atoms with Gasteiger partial charge in [0, 0.05) is 29.8 Å². The number of aromatic nitrogens is 1. The van der Waals surface area contributed by atoms with Gasteiger partial charge in [0.05, 0.1) is 0 Å². The summed E-state index contributed by atoms with van der Waals surface area (Å²) in [5, 5.41) is 10.5. The smallest absolute Gasteiger partial charge is 0.0500 e. The standard InChI is InChI=1S/C13H18N2O/c1-13(2,8-16)12(14)10-3-4-11-9(7-10)5-6-15-11/h3-7,12,15-16H,8,14H2,1-2H3/t12-/m1/s1. The van der Waals surface area contributed by atoms with E-state index in [0.29, 0.717) is 0 Å². The highest BCUT2D eigenvalue weighted by Gasteiger charge is 2.26. The first-order valence-electron chi connectivity index (χ1n) is 5.48. The van der Waals surface area contributed by atoms with Crippen LogP contribution in [0.15, 0.2) is 30.5 Å². The molecule has 0 aliphatic rings. The number of hydrogen-bond acceptors (Lipinski definition) is 2. The van der Waals surface area contributed by atoms with Crippen LogP contribution in [0.2, 0.25) is 0 Å². The molecule has 3 nitrogen and oxygen atoms in total. The minimum Gasteiger partial charge on any atom is -0.396 e. The second-order valence-corrected chi connectivity index (χ2v) is 4.95. The third-order valence-corrected chi connectivity index (χ3v) is 3.19. The van der Waals surface area contributed by atoms with Crippen LogP contribution in [0.4, 0.5) is 0 Å². The van der Waals surface area contributed by atoms with Crippen LogP contribution < -0.4 is 5.73 Å². The Morgan fingerprint density at radius 3 is 2.81 bits per heavy atom. The average Bonchev–Trinajstić information content (AvgIpc) is 2.74. The molecular formula is C13H18N2O. The van der Waals surface area contributed by atoms with Crippen molar-refractivity contribution in [1.29, 1.82) is 0 Å². The van der Waals surface area contributed by atoms with Crippen molar-refractivity contribution in [2.75, 3.05) is 6.61 Å². The first-order chi connectivity index (χ1) is 7.54. The van der Waals surface area contributed by atoms with Crippen molar-refractivity contribution in [3.05, 3.63) is 36.0 Å². The summed E-state index contributed by atoms with van der Waals surface area (Å²) < 4.78 is 0. The molecule has 0 spiro atoms. The molecule has 0 aliphatic carbocycles. The molecule has 1 aromatic carbocycles. The number of aliphatic hydroxyl groups is 1. The van der Waals surface area contributed by atoms with Crippen LogP contribution in [0.5, 0.6) is 0 Å². The molecule has 0 radical (unpaired) electrons. The number of nitrogens with two attached hydrogens (primary N) is 1. The molecule has 0 fully saturated rings. The van der Waals surface area contributed by atoms with E-state index in [9.17, 15) is 5.11 Å². The van der Waals surface area contributed by atoms with Gasteiger partial charge in [-0.2, -0.15) is 0 Å². The van der Waals surface area contributed by atoms with Gasteiger partial charge in [0.25, 0.3) is 0 Å². The lowest BCUT2D eigenvalue weighted by Gasteiger charge is -2.29. The van der Waals surface area contributed by atoms with E-state index in [4.69, 9.17) is 5.73 Å². The highest BCUT2D eigenvalue weighted by molar-refractivity contribution is 5.80. The number of benzene rings is 1. The van der Waals surface area contributed by atoms with Crippen LogP contribution in [0.3, 0.4) is 0 Å². The molecule has 1 aromatic heterocycles. The zero-order valence-corrected chi connectivity index (χ0v) is 9.70. The van der Waals surface area contributed by atoms with Crippen molar-refractivity contribution in [3.8, 4) is 0 Å². The fourth-order valence-electron chi connectivity index (χ4n) is 1.81. The third kappa shape index (κ3) is 1.84. The second kappa shape index (κ2) is 3.92. The fourth-order valence-corrected chi connectivity index (χ4v) is 1.81. The van der Waals surface area contributed by atoms with Crippen molar-refractivity contribution >= 4 is 10.9 Å². The van der Waals surface area contributed by atoms with Gasteiger partial charge in [0.2, 0.25) is 0 Å². The minimum absolute atomic E-state index is 0.0827. The monoisotopic (exact) mass is 218 g/mol. The molecule has 3 heteroatoms. The summed E-state index contributed by atoms with van der Waals surface area (Å²) in [5.41, 5.74) is 8.04. The summed E-state index contributed by atoms with van der Waals surface area (Å²) in [6.45, 7) is 4.03. The van der Waals surface area contributed by atoms with Gasteiger partial charge in [-0.1, -0.05) is 19.9 Å². The van der Waals surface area contributed by atoms with E-state index in [1.165, 1.54) is 0 Å². The summed E-state index contributed by atoms with van der Waals surface area (Å²) in [6, 6.07) is 7.99. The molecule has 0 saturated heterocycles. The summed E-state index contributed by atoms with van der Waals surface area (Å²) in [6.07, 6.45) is 1.91. The lowest BCUT2D eigenvalue weighted by Crippen LogP contribution is -2.32. The van der Waals surface area contributed by atoms with Crippen molar-refractivity contribution in [1.82, 2.24) is 4.98 Å². The first kappa shape index (κ1) is 11.2. The lowest BCUT2D eigenvalue weighted by molar-refractivity contribution is 0.132. The van der Waals surface area contributed by atoms with Crippen LogP contribution >= 0.6 is 0 Å². The van der Waals surface area contributed by atoms with Crippen molar-refractivity contribution in [3.63, 3.8) is 0 Å². The Balaban J connectivity index is 2.39. The van der Waals surface area contributed by atoms with Gasteiger partial charge in [0.1, 0.15) is 0 Å². The summed E-state index contributed by atoms with van der Waals surface area (Å²) in [5.74, 6) is 0. The molecule has 1 heterocycles. The molecule has 0 aliphatic heterocycles. The van der Waals surface area contributed by atoms with Crippen LogP contribution in [0.25, 0.3) is 10.9 Å². The van der Waals surface area contributed by atoms with Crippen LogP contribution in [-0.4, -0.2) is 16.7 Å². The third-order valence-electron chi connectivity index (χ3n) is 3.19. The Labute approximate surface area is 95.3 Å². The SMILES string of the molecule is CC(C)(CO)[C@H](N)c1ccc2[nH]ccc2c1. The summed E-state index contributed by atoms with van der Waals surface area (Å²) in [7, 11) is 0. The quantitative estimate of drug-likeness (QED) is 0.739. The van der Waals surface area contributed by atoms with E-state index in [0.717, 1.165) is 16.5 Å². The normalized spacial score (nSPS) is 14.2. The van der Waals surface area contributed by atoms with Crippen LogP contribution in [0.1, 0.15) is 25.5 Å². The number of aliphatic hydroxyl groups excluding tert-OH is 1. The summed E-state index contributed by atoms with van der Waals surface area (Å²) in [4.78, 5) is 3.15. The largest absolute Gasteiger partial charge is 0.396 e. The maximum atomic E-state index is 9.31. The van der Waals surface area contributed by atoms with Gasteiger partial charge in [0.15, 0.2) is 0 Å². The molecule has 0 amide bonds. The van der Waals surface area contributed by atoms with Crippen molar-refractivity contribution < 1.29 is 5.11 Å². The number of aromatic amines is 1. The maximum Gasteiger partial charge on any atom is 0.0500 e. The molecule has 4 N–H and O–H groups in total. The van der Waals surface area contributed by atoms with E-state index in [2.05, 4.69) is 11.1 Å². The topological polar surface area (TPSA) is 62.0 Å². The molecule has 86 valence electrons. The number of H-pyrrole nitrogens is 1. The number of nitrogens with one attached hydrogen (secondary N) is 1. The van der Waals surface area contributed by atoms with Crippen LogP contribution in [0, 0.1) is 5.41 Å². The minimum atomic E-state index is -0.302. The van der Waals surface area contributed by atoms with Gasteiger partial charge in [-0.15, -0.1) is 0 Å². The van der Waals surface area contributed by atoms with Gasteiger partial charge in [-0.25, -0.2) is 0 Å². The number of rotatable bonds is 3. The van der Waals surface area contributed by atoms with E-state index in [1.54, 1.807) is 0 Å². The van der Waals surface area contributed by atoms with E-state index in [1.807, 2.05) is 38.2 Å².